The number of aromatic nitrogens is 2. The van der Waals surface area contributed by atoms with Crippen LogP contribution in [-0.2, 0) is 19.4 Å². The molecule has 172 valence electrons. The van der Waals surface area contributed by atoms with Gasteiger partial charge in [-0.2, -0.15) is 5.10 Å². The van der Waals surface area contributed by atoms with E-state index in [1.54, 1.807) is 24.3 Å². The summed E-state index contributed by atoms with van der Waals surface area (Å²) in [5, 5.41) is 4.34. The van der Waals surface area contributed by atoms with Crippen LogP contribution in [0.2, 0.25) is 0 Å². The van der Waals surface area contributed by atoms with Crippen LogP contribution < -0.4 is 15.6 Å². The minimum Gasteiger partial charge on any atom is -0.486 e. The molecule has 0 atom stereocenters. The number of nitrogens with zero attached hydrogens (tertiary/aromatic N) is 2. The smallest absolute Gasteiger partial charge is 0.305 e. The Bertz CT molecular complexity index is 1350. The van der Waals surface area contributed by atoms with Crippen LogP contribution in [0.25, 0.3) is 5.69 Å². The number of para-hydroxylation sites is 2. The molecule has 0 radical (unpaired) electrons. The van der Waals surface area contributed by atoms with Crippen molar-refractivity contribution >= 4 is 11.8 Å². The number of carbonyl (C=O) groups is 2. The fourth-order valence-electron chi connectivity index (χ4n) is 3.93. The Hall–Kier alpha value is -4.40. The lowest BCUT2D eigenvalue weighted by Crippen LogP contribution is -2.42. The van der Waals surface area contributed by atoms with E-state index >= 15 is 0 Å². The Morgan fingerprint density at radius 2 is 1.74 bits per heavy atom. The molecule has 0 bridgehead atoms. The van der Waals surface area contributed by atoms with Crippen molar-refractivity contribution in [1.82, 2.24) is 20.6 Å². The van der Waals surface area contributed by atoms with Crippen LogP contribution in [0.1, 0.15) is 44.5 Å². The highest BCUT2D eigenvalue weighted by molar-refractivity contribution is 5.98. The number of furan rings is 1. The molecule has 0 unspecified atom stereocenters. The summed E-state index contributed by atoms with van der Waals surface area (Å²) in [7, 11) is 0. The van der Waals surface area contributed by atoms with E-state index in [1.807, 2.05) is 30.3 Å². The first-order chi connectivity index (χ1) is 16.6. The number of nitrogens with one attached hydrogen (secondary N) is 2. The third-order valence-electron chi connectivity index (χ3n) is 5.53. The topological polar surface area (TPSA) is 98.4 Å². The maximum Gasteiger partial charge on any atom is 0.305 e. The van der Waals surface area contributed by atoms with E-state index < -0.39 is 17.6 Å². The van der Waals surface area contributed by atoms with Gasteiger partial charge < -0.3 is 9.15 Å². The normalized spacial score (nSPS) is 12.3. The Balaban J connectivity index is 1.24. The molecule has 5 rings (SSSR count). The average Bonchev–Trinajstić information content (AvgIpc) is 3.59. The fourth-order valence-corrected chi connectivity index (χ4v) is 3.93. The number of amides is 2. The molecular formula is C25H21FN4O4. The van der Waals surface area contributed by atoms with Gasteiger partial charge in [-0.3, -0.25) is 20.4 Å². The van der Waals surface area contributed by atoms with Crippen molar-refractivity contribution in [3.63, 3.8) is 0 Å². The molecular weight excluding hydrogens is 439 g/mol. The van der Waals surface area contributed by atoms with Crippen molar-refractivity contribution in [3.8, 4) is 11.4 Å². The molecule has 2 N–H and O–H groups in total. The van der Waals surface area contributed by atoms with Crippen molar-refractivity contribution in [2.75, 3.05) is 0 Å². The number of rotatable bonds is 6. The van der Waals surface area contributed by atoms with Crippen LogP contribution >= 0.6 is 0 Å². The number of ether oxygens (including phenoxy) is 1. The molecule has 8 nitrogen and oxygen atoms in total. The van der Waals surface area contributed by atoms with Gasteiger partial charge >= 0.3 is 5.91 Å². The van der Waals surface area contributed by atoms with Gasteiger partial charge in [-0.15, -0.1) is 0 Å². The number of hydrazine groups is 1. The average molecular weight is 460 g/mol. The Morgan fingerprint density at radius 1 is 0.971 bits per heavy atom. The summed E-state index contributed by atoms with van der Waals surface area (Å²) in [4.78, 5) is 25.2. The fraction of sp³-hybridized carbons (Fsp3) is 0.160. The van der Waals surface area contributed by atoms with Crippen LogP contribution in [0.3, 0.4) is 0 Å². The second kappa shape index (κ2) is 9.22. The van der Waals surface area contributed by atoms with E-state index in [2.05, 4.69) is 16.0 Å². The summed E-state index contributed by atoms with van der Waals surface area (Å²) in [5.41, 5.74) is 6.71. The van der Waals surface area contributed by atoms with Gasteiger partial charge in [-0.25, -0.2) is 9.07 Å². The van der Waals surface area contributed by atoms with Gasteiger partial charge in [0.1, 0.15) is 29.6 Å². The lowest BCUT2D eigenvalue weighted by Gasteiger charge is -2.07. The number of benzene rings is 2. The van der Waals surface area contributed by atoms with Crippen LogP contribution in [0.5, 0.6) is 5.75 Å². The largest absolute Gasteiger partial charge is 0.486 e. The maximum absolute atomic E-state index is 14.3. The second-order valence-corrected chi connectivity index (χ2v) is 7.77. The molecule has 2 heterocycles. The highest BCUT2D eigenvalue weighted by Gasteiger charge is 2.28. The third-order valence-corrected chi connectivity index (χ3v) is 5.53. The second-order valence-electron chi connectivity index (χ2n) is 7.77. The molecule has 0 spiro atoms. The molecule has 0 saturated heterocycles. The Kier molecular flexibility index (Phi) is 5.82. The van der Waals surface area contributed by atoms with Gasteiger partial charge in [0.05, 0.1) is 0 Å². The molecule has 1 aliphatic rings. The number of carbonyl (C=O) groups excluding carboxylic acids is 2. The minimum absolute atomic E-state index is 0.0223. The summed E-state index contributed by atoms with van der Waals surface area (Å²) in [5.74, 6) is -0.467. The maximum atomic E-state index is 14.3. The Morgan fingerprint density at radius 3 is 2.56 bits per heavy atom. The lowest BCUT2D eigenvalue weighted by molar-refractivity contribution is 0.0825. The summed E-state index contributed by atoms with van der Waals surface area (Å²) in [6.45, 7) is 0.156. The van der Waals surface area contributed by atoms with Crippen molar-refractivity contribution < 1.29 is 23.1 Å². The minimum atomic E-state index is -0.621. The highest BCUT2D eigenvalue weighted by Crippen LogP contribution is 2.28. The quantitative estimate of drug-likeness (QED) is 0.427. The van der Waals surface area contributed by atoms with Gasteiger partial charge in [-0.05, 0) is 55.7 Å². The van der Waals surface area contributed by atoms with Crippen LogP contribution in [-0.4, -0.2) is 21.6 Å². The third kappa shape index (κ3) is 4.27. The van der Waals surface area contributed by atoms with Gasteiger partial charge in [0, 0.05) is 11.3 Å². The Labute approximate surface area is 194 Å². The molecule has 0 saturated carbocycles. The standard InChI is InChI=1S/C25H21FN4O4/c26-19-10-4-5-11-21(19)30-20-12-6-9-18(20)23(29-30)25(32)28-27-24(31)22-14-13-17(34-22)15-33-16-7-2-1-3-8-16/h1-5,7-8,10-11,13-14H,6,9,12,15H2,(H,27,31)(H,28,32). The summed E-state index contributed by atoms with van der Waals surface area (Å²) < 4.78 is 26.9. The van der Waals surface area contributed by atoms with Gasteiger partial charge in [0.15, 0.2) is 11.5 Å². The van der Waals surface area contributed by atoms with Crippen LogP contribution in [0, 0.1) is 5.82 Å². The summed E-state index contributed by atoms with van der Waals surface area (Å²) >= 11 is 0. The first kappa shape index (κ1) is 21.4. The lowest BCUT2D eigenvalue weighted by atomic mass is 10.2. The zero-order valence-corrected chi connectivity index (χ0v) is 18.1. The molecule has 34 heavy (non-hydrogen) atoms. The van der Waals surface area contributed by atoms with E-state index in [-0.39, 0.29) is 23.7 Å². The molecule has 2 amide bonds. The SMILES string of the molecule is O=C(NNC(=O)c1nn(-c2ccccc2F)c2c1CCC2)c1ccc(COc2ccccc2)o1. The molecule has 9 heteroatoms. The summed E-state index contributed by atoms with van der Waals surface area (Å²) in [6, 6.07) is 18.6. The van der Waals surface area contributed by atoms with E-state index in [9.17, 15) is 14.0 Å². The van der Waals surface area contributed by atoms with Gasteiger partial charge in [-0.1, -0.05) is 30.3 Å². The van der Waals surface area contributed by atoms with Crippen molar-refractivity contribution in [2.24, 2.45) is 0 Å². The number of halogens is 1. The van der Waals surface area contributed by atoms with E-state index in [0.717, 1.165) is 17.7 Å². The van der Waals surface area contributed by atoms with E-state index in [4.69, 9.17) is 9.15 Å². The molecule has 1 aliphatic carbocycles. The molecule has 4 aromatic rings. The molecule has 2 aromatic carbocycles. The first-order valence-electron chi connectivity index (χ1n) is 10.8. The van der Waals surface area contributed by atoms with Gasteiger partial charge in [0.2, 0.25) is 0 Å². The van der Waals surface area contributed by atoms with Crippen molar-refractivity contribution in [3.05, 3.63) is 101 Å². The van der Waals surface area contributed by atoms with Crippen molar-refractivity contribution in [2.45, 2.75) is 25.9 Å². The highest BCUT2D eigenvalue weighted by atomic mass is 19.1. The zero-order valence-electron chi connectivity index (χ0n) is 18.1. The predicted molar refractivity (Wildman–Crippen MR) is 120 cm³/mol. The van der Waals surface area contributed by atoms with Crippen LogP contribution in [0.15, 0.2) is 71.1 Å². The number of fused-ring (bicyclic) bond motifs is 1. The van der Waals surface area contributed by atoms with Crippen molar-refractivity contribution in [1.29, 1.82) is 0 Å². The first-order valence-corrected chi connectivity index (χ1v) is 10.8. The summed E-state index contributed by atoms with van der Waals surface area (Å²) in [6.07, 6.45) is 2.19. The molecule has 0 fully saturated rings. The molecule has 2 aromatic heterocycles. The predicted octanol–water partition coefficient (Wildman–Crippen LogP) is 3.75. The zero-order chi connectivity index (χ0) is 23.5. The number of hydrogen-bond donors (Lipinski definition) is 2. The van der Waals surface area contributed by atoms with Crippen LogP contribution in [0.4, 0.5) is 4.39 Å². The number of hydrogen-bond acceptors (Lipinski definition) is 5. The van der Waals surface area contributed by atoms with Gasteiger partial charge in [0.25, 0.3) is 5.91 Å². The molecule has 0 aliphatic heterocycles. The monoisotopic (exact) mass is 460 g/mol. The van der Waals surface area contributed by atoms with E-state index in [0.29, 0.717) is 24.4 Å². The van der Waals surface area contributed by atoms with E-state index in [1.165, 1.54) is 16.8 Å².